The van der Waals surface area contributed by atoms with E-state index in [-0.39, 0.29) is 12.1 Å². The molecule has 1 atom stereocenters. The van der Waals surface area contributed by atoms with Crippen LogP contribution in [-0.4, -0.2) is 46.2 Å². The van der Waals surface area contributed by atoms with Crippen molar-refractivity contribution in [1.29, 1.82) is 0 Å². The molecule has 1 aliphatic rings. The van der Waals surface area contributed by atoms with Gasteiger partial charge in [0.25, 0.3) is 0 Å². The molecule has 0 saturated heterocycles. The number of hydrogen-bond acceptors (Lipinski definition) is 7. The van der Waals surface area contributed by atoms with Gasteiger partial charge in [-0.15, -0.1) is 11.3 Å². The highest BCUT2D eigenvalue weighted by Crippen LogP contribution is 2.39. The number of aromatic nitrogens is 3. The van der Waals surface area contributed by atoms with Crippen LogP contribution in [0.15, 0.2) is 54.3 Å². The number of carbonyl (C=O) groups is 3. The van der Waals surface area contributed by atoms with Gasteiger partial charge in [-0.1, -0.05) is 12.1 Å². The summed E-state index contributed by atoms with van der Waals surface area (Å²) in [4.78, 5) is 47.5. The highest BCUT2D eigenvalue weighted by Gasteiger charge is 2.40. The van der Waals surface area contributed by atoms with Crippen LogP contribution in [0.5, 0.6) is 0 Å². The van der Waals surface area contributed by atoms with Crippen molar-refractivity contribution in [3.8, 4) is 0 Å². The molecule has 1 amide bonds. The maximum Gasteiger partial charge on any atom is 0.337 e. The molecule has 0 spiro atoms. The molecular formula is C24H24N4O5S. The van der Waals surface area contributed by atoms with Gasteiger partial charge in [0.1, 0.15) is 12.4 Å². The first-order chi connectivity index (χ1) is 16.3. The van der Waals surface area contributed by atoms with Crippen LogP contribution in [0.4, 0.5) is 0 Å². The molecule has 0 radical (unpaired) electrons. The van der Waals surface area contributed by atoms with E-state index < -0.39 is 29.5 Å². The second kappa shape index (κ2) is 9.60. The maximum absolute atomic E-state index is 13.5. The number of esters is 1. The van der Waals surface area contributed by atoms with E-state index in [1.54, 1.807) is 50.6 Å². The quantitative estimate of drug-likeness (QED) is 0.297. The number of rotatable bonds is 8. The lowest BCUT2D eigenvalue weighted by molar-refractivity contribution is -0.695. The van der Waals surface area contributed by atoms with Crippen molar-refractivity contribution in [2.24, 2.45) is 0 Å². The zero-order chi connectivity index (χ0) is 24.4. The normalized spacial score (nSPS) is 15.8. The zero-order valence-electron chi connectivity index (χ0n) is 19.0. The molecule has 10 heteroatoms. The first kappa shape index (κ1) is 23.4. The van der Waals surface area contributed by atoms with Gasteiger partial charge >= 0.3 is 5.97 Å². The number of methoxy groups -OCH3 is 1. The Morgan fingerprint density at radius 2 is 2.00 bits per heavy atom. The predicted molar refractivity (Wildman–Crippen MR) is 121 cm³/mol. The van der Waals surface area contributed by atoms with Gasteiger partial charge in [-0.25, -0.2) is 14.3 Å². The van der Waals surface area contributed by atoms with Crippen LogP contribution in [0.25, 0.3) is 0 Å². The zero-order valence-corrected chi connectivity index (χ0v) is 19.8. The first-order valence-electron chi connectivity index (χ1n) is 10.7. The number of ether oxygens (including phenoxy) is 1. The van der Waals surface area contributed by atoms with Gasteiger partial charge in [0.15, 0.2) is 0 Å². The van der Waals surface area contributed by atoms with E-state index in [0.29, 0.717) is 39.7 Å². The van der Waals surface area contributed by atoms with Crippen LogP contribution in [0.2, 0.25) is 0 Å². The largest absolute Gasteiger partial charge is 0.868 e. The molecule has 0 saturated carbocycles. The summed E-state index contributed by atoms with van der Waals surface area (Å²) in [5.74, 6) is -2.48. The summed E-state index contributed by atoms with van der Waals surface area (Å²) in [7, 11) is 1.29. The lowest BCUT2D eigenvalue weighted by atomic mass is 9.94. The number of nitrogens with one attached hydrogen (secondary N) is 1. The van der Waals surface area contributed by atoms with E-state index in [1.165, 1.54) is 23.3 Å². The van der Waals surface area contributed by atoms with E-state index in [2.05, 4.69) is 9.97 Å². The molecule has 176 valence electrons. The maximum atomic E-state index is 13.5. The van der Waals surface area contributed by atoms with Gasteiger partial charge in [-0.2, -0.15) is 0 Å². The number of benzene rings is 1. The number of hydrogen-bond donors (Lipinski definition) is 1. The Hall–Kier alpha value is -3.79. The topological polar surface area (TPSA) is 119 Å². The average molecular weight is 481 g/mol. The van der Waals surface area contributed by atoms with Crippen LogP contribution in [0.3, 0.4) is 0 Å². The minimum Gasteiger partial charge on any atom is -0.868 e. The molecule has 0 bridgehead atoms. The Morgan fingerprint density at radius 1 is 1.26 bits per heavy atom. The van der Waals surface area contributed by atoms with Crippen molar-refractivity contribution >= 4 is 29.0 Å². The minimum atomic E-state index is -0.850. The Bertz CT molecular complexity index is 1260. The fourth-order valence-electron chi connectivity index (χ4n) is 4.11. The van der Waals surface area contributed by atoms with Crippen molar-refractivity contribution in [3.05, 3.63) is 81.0 Å². The number of ketones is 1. The smallest absolute Gasteiger partial charge is 0.337 e. The van der Waals surface area contributed by atoms with Gasteiger partial charge in [-0.3, -0.25) is 14.6 Å². The van der Waals surface area contributed by atoms with Gasteiger partial charge in [0, 0.05) is 18.5 Å². The highest BCUT2D eigenvalue weighted by atomic mass is 32.1. The summed E-state index contributed by atoms with van der Waals surface area (Å²) in [5, 5.41) is 13.8. The van der Waals surface area contributed by atoms with E-state index >= 15 is 0 Å². The third-order valence-corrected chi connectivity index (χ3v) is 6.78. The molecule has 4 rings (SSSR count). The summed E-state index contributed by atoms with van der Waals surface area (Å²) < 4.78 is 6.68. The van der Waals surface area contributed by atoms with Gasteiger partial charge in [0.2, 0.25) is 18.0 Å². The second-order valence-corrected chi connectivity index (χ2v) is 9.14. The lowest BCUT2D eigenvalue weighted by Crippen LogP contribution is -2.37. The van der Waals surface area contributed by atoms with Crippen molar-refractivity contribution in [1.82, 2.24) is 14.9 Å². The highest BCUT2D eigenvalue weighted by molar-refractivity contribution is 7.14. The third-order valence-electron chi connectivity index (χ3n) is 5.70. The van der Waals surface area contributed by atoms with Crippen LogP contribution < -0.4 is 9.67 Å². The monoisotopic (exact) mass is 480 g/mol. The molecule has 1 N–H and O–H groups in total. The first-order valence-corrected chi connectivity index (χ1v) is 11.5. The fraction of sp³-hybridized carbons (Fsp3) is 0.292. The van der Waals surface area contributed by atoms with Crippen LogP contribution in [0, 0.1) is 13.8 Å². The van der Waals surface area contributed by atoms with Crippen LogP contribution in [0.1, 0.15) is 48.8 Å². The molecule has 1 aromatic carbocycles. The van der Waals surface area contributed by atoms with Gasteiger partial charge < -0.3 is 14.7 Å². The minimum absolute atomic E-state index is 0.0862. The summed E-state index contributed by atoms with van der Waals surface area (Å²) >= 11 is 1.20. The lowest BCUT2D eigenvalue weighted by Gasteiger charge is -2.27. The van der Waals surface area contributed by atoms with E-state index in [0.717, 1.165) is 0 Å². The number of nitrogens with zero attached hydrogens (tertiary/aromatic N) is 3. The Labute approximate surface area is 200 Å². The third kappa shape index (κ3) is 4.36. The Balaban J connectivity index is 1.70. The number of imidazole rings is 1. The summed E-state index contributed by atoms with van der Waals surface area (Å²) in [6.07, 6.45) is 6.05. The van der Waals surface area contributed by atoms with Crippen LogP contribution in [-0.2, 0) is 16.1 Å². The number of H-pyrrole nitrogens is 1. The number of aromatic amines is 1. The number of aryl methyl sites for hydroxylation is 3. The molecule has 3 heterocycles. The predicted octanol–water partition coefficient (Wildman–Crippen LogP) is 1.63. The van der Waals surface area contributed by atoms with E-state index in [4.69, 9.17) is 4.74 Å². The number of thiazole rings is 1. The molecule has 34 heavy (non-hydrogen) atoms. The Kier molecular flexibility index (Phi) is 6.60. The van der Waals surface area contributed by atoms with Gasteiger partial charge in [-0.05, 0) is 37.3 Å². The van der Waals surface area contributed by atoms with E-state index in [1.807, 2.05) is 10.8 Å². The second-order valence-electron chi connectivity index (χ2n) is 7.94. The van der Waals surface area contributed by atoms with Crippen molar-refractivity contribution in [2.75, 3.05) is 13.7 Å². The van der Waals surface area contributed by atoms with Crippen molar-refractivity contribution in [3.63, 3.8) is 0 Å². The molecule has 2 aromatic heterocycles. The summed E-state index contributed by atoms with van der Waals surface area (Å²) in [6, 6.07) is 5.57. The average Bonchev–Trinajstić information content (AvgIpc) is 3.53. The standard InChI is InChI=1S/C24H24N4O5S/c1-14-22(34-15(2)26-14)20(29)18-19(16-5-7-17(8-6-16)24(32)33-3)28(23(31)21(18)30)11-4-10-27-12-9-25-13-27/h5-9,12-13,19H,4,10-11H2,1-3H3,(H,29,30). The summed E-state index contributed by atoms with van der Waals surface area (Å²) in [6.45, 7) is 4.41. The SMILES string of the molecule is COC(=O)c1ccc(C2C(C(=O)c3sc(C)nc3C)=C([O-])C(=O)N2CCC[n+]2cc[nH]c2)cc1. The number of Topliss-reactive ketones (excluding diaryl/α,β-unsaturated/α-hetero) is 1. The van der Waals surface area contributed by atoms with Crippen molar-refractivity contribution in [2.45, 2.75) is 32.9 Å². The molecular weight excluding hydrogens is 456 g/mol. The summed E-state index contributed by atoms with van der Waals surface area (Å²) in [5.41, 5.74) is 1.35. The number of amides is 1. The molecule has 1 aliphatic heterocycles. The van der Waals surface area contributed by atoms with Crippen LogP contribution >= 0.6 is 11.3 Å². The molecule has 1 unspecified atom stereocenters. The van der Waals surface area contributed by atoms with Gasteiger partial charge in [0.05, 0.1) is 40.8 Å². The molecule has 3 aromatic rings. The van der Waals surface area contributed by atoms with Crippen molar-refractivity contribution < 1.29 is 28.8 Å². The fourth-order valence-corrected chi connectivity index (χ4v) is 4.99. The molecule has 0 aliphatic carbocycles. The van der Waals surface area contributed by atoms with E-state index in [9.17, 15) is 19.5 Å². The molecule has 9 nitrogen and oxygen atoms in total. The Morgan fingerprint density at radius 3 is 2.59 bits per heavy atom. The number of carbonyl (C=O) groups excluding carboxylic acids is 3. The molecule has 0 fully saturated rings.